The van der Waals surface area contributed by atoms with Crippen molar-refractivity contribution in [3.63, 3.8) is 0 Å². The number of hydrogen-bond acceptors (Lipinski definition) is 2. The number of carbonyl (C=O) groups excluding carboxylic acids is 2. The minimum atomic E-state index is 0.330. The molecule has 0 aromatic rings. The van der Waals surface area contributed by atoms with Gasteiger partial charge in [-0.25, -0.2) is 0 Å². The number of ketones is 2. The molecule has 2 heteroatoms. The summed E-state index contributed by atoms with van der Waals surface area (Å²) in [4.78, 5) is 21.8. The standard InChI is InChI=1S/C19H38O.C6H10O/c1-5-19(18(4)20)16-14-12-10-8-6-7-9-11-13-15-17(2)3;7-6-4-2-1-3-5-6/h17,19H,5-16H2,1-4H3;1-5H2. The number of rotatable bonds is 14. The predicted octanol–water partition coefficient (Wildman–Crippen LogP) is 8.07. The van der Waals surface area contributed by atoms with E-state index in [0.717, 1.165) is 44.4 Å². The molecule has 0 N–H and O–H groups in total. The molecular weight excluding hydrogens is 332 g/mol. The number of Topliss-reactive ketones (excluding diaryl/α,β-unsaturated/α-hetero) is 2. The van der Waals surface area contributed by atoms with Crippen LogP contribution in [0.5, 0.6) is 0 Å². The van der Waals surface area contributed by atoms with Crippen molar-refractivity contribution in [1.82, 2.24) is 0 Å². The molecule has 0 aromatic carbocycles. The van der Waals surface area contributed by atoms with E-state index in [1.165, 1.54) is 70.6 Å². The second-order valence-corrected chi connectivity index (χ2v) is 8.97. The van der Waals surface area contributed by atoms with Crippen LogP contribution in [-0.2, 0) is 9.59 Å². The van der Waals surface area contributed by atoms with E-state index in [9.17, 15) is 9.59 Å². The summed E-state index contributed by atoms with van der Waals surface area (Å²) >= 11 is 0. The Kier molecular flexibility index (Phi) is 18.2. The predicted molar refractivity (Wildman–Crippen MR) is 118 cm³/mol. The van der Waals surface area contributed by atoms with Gasteiger partial charge in [0.2, 0.25) is 0 Å². The van der Waals surface area contributed by atoms with Crippen molar-refractivity contribution in [2.45, 2.75) is 137 Å². The van der Waals surface area contributed by atoms with Crippen molar-refractivity contribution < 1.29 is 9.59 Å². The molecule has 0 saturated heterocycles. The fraction of sp³-hybridized carbons (Fsp3) is 0.920. The van der Waals surface area contributed by atoms with Gasteiger partial charge in [0, 0.05) is 18.8 Å². The summed E-state index contributed by atoms with van der Waals surface area (Å²) in [7, 11) is 0. The van der Waals surface area contributed by atoms with E-state index in [1.807, 2.05) is 0 Å². The molecule has 160 valence electrons. The van der Waals surface area contributed by atoms with Gasteiger partial charge < -0.3 is 0 Å². The van der Waals surface area contributed by atoms with E-state index in [2.05, 4.69) is 20.8 Å². The lowest BCUT2D eigenvalue weighted by Gasteiger charge is -2.10. The molecular formula is C25H48O2. The van der Waals surface area contributed by atoms with Gasteiger partial charge in [-0.2, -0.15) is 0 Å². The minimum absolute atomic E-state index is 0.330. The van der Waals surface area contributed by atoms with Crippen molar-refractivity contribution in [1.29, 1.82) is 0 Å². The van der Waals surface area contributed by atoms with E-state index in [0.29, 0.717) is 17.5 Å². The molecule has 0 spiro atoms. The first kappa shape index (κ1) is 26.3. The first-order valence-electron chi connectivity index (χ1n) is 12.0. The number of carbonyl (C=O) groups is 2. The average molecular weight is 381 g/mol. The summed E-state index contributed by atoms with van der Waals surface area (Å²) in [5, 5.41) is 0. The molecule has 27 heavy (non-hydrogen) atoms. The lowest BCUT2D eigenvalue weighted by molar-refractivity contribution is -0.121. The molecule has 1 unspecified atom stereocenters. The van der Waals surface area contributed by atoms with E-state index >= 15 is 0 Å². The topological polar surface area (TPSA) is 34.1 Å². The van der Waals surface area contributed by atoms with Crippen molar-refractivity contribution >= 4 is 11.6 Å². The second kappa shape index (κ2) is 18.7. The average Bonchev–Trinajstić information content (AvgIpc) is 2.63. The second-order valence-electron chi connectivity index (χ2n) is 8.97. The van der Waals surface area contributed by atoms with Gasteiger partial charge in [-0.3, -0.25) is 9.59 Å². The van der Waals surface area contributed by atoms with Gasteiger partial charge in [-0.1, -0.05) is 91.4 Å². The third-order valence-corrected chi connectivity index (χ3v) is 5.81. The van der Waals surface area contributed by atoms with Crippen LogP contribution in [0.15, 0.2) is 0 Å². The van der Waals surface area contributed by atoms with E-state index < -0.39 is 0 Å². The zero-order chi connectivity index (χ0) is 20.3. The van der Waals surface area contributed by atoms with Crippen LogP contribution in [0.1, 0.15) is 137 Å². The fourth-order valence-electron chi connectivity index (χ4n) is 3.82. The molecule has 0 aromatic heterocycles. The van der Waals surface area contributed by atoms with Crippen LogP contribution in [-0.4, -0.2) is 11.6 Å². The molecule has 1 aliphatic rings. The van der Waals surface area contributed by atoms with Gasteiger partial charge >= 0.3 is 0 Å². The Hall–Kier alpha value is -0.660. The normalized spacial score (nSPS) is 15.4. The highest BCUT2D eigenvalue weighted by Crippen LogP contribution is 2.17. The largest absolute Gasteiger partial charge is 0.300 e. The van der Waals surface area contributed by atoms with Crippen LogP contribution in [0.25, 0.3) is 0 Å². The van der Waals surface area contributed by atoms with Crippen LogP contribution in [0.2, 0.25) is 0 Å². The minimum Gasteiger partial charge on any atom is -0.300 e. The highest BCUT2D eigenvalue weighted by Gasteiger charge is 2.10. The van der Waals surface area contributed by atoms with Crippen LogP contribution in [0.3, 0.4) is 0 Å². The van der Waals surface area contributed by atoms with Crippen LogP contribution >= 0.6 is 0 Å². The fourth-order valence-corrected chi connectivity index (χ4v) is 3.82. The van der Waals surface area contributed by atoms with Gasteiger partial charge in [0.25, 0.3) is 0 Å². The quantitative estimate of drug-likeness (QED) is 0.285. The van der Waals surface area contributed by atoms with Crippen LogP contribution in [0, 0.1) is 11.8 Å². The molecule has 0 bridgehead atoms. The molecule has 0 radical (unpaired) electrons. The van der Waals surface area contributed by atoms with Crippen molar-refractivity contribution in [3.8, 4) is 0 Å². The van der Waals surface area contributed by atoms with E-state index in [4.69, 9.17) is 0 Å². The van der Waals surface area contributed by atoms with Gasteiger partial charge in [-0.15, -0.1) is 0 Å². The maximum absolute atomic E-state index is 11.3. The maximum Gasteiger partial charge on any atom is 0.132 e. The molecule has 1 saturated carbocycles. The summed E-state index contributed by atoms with van der Waals surface area (Å²) in [6.07, 6.45) is 21.2. The number of unbranched alkanes of at least 4 members (excludes halogenated alkanes) is 8. The molecule has 1 aliphatic carbocycles. The Bertz CT molecular complexity index is 351. The van der Waals surface area contributed by atoms with E-state index in [-0.39, 0.29) is 0 Å². The smallest absolute Gasteiger partial charge is 0.132 e. The molecule has 2 nitrogen and oxygen atoms in total. The molecule has 1 fully saturated rings. The number of hydrogen-bond donors (Lipinski definition) is 0. The molecule has 1 rings (SSSR count). The third-order valence-electron chi connectivity index (χ3n) is 5.81. The summed E-state index contributed by atoms with van der Waals surface area (Å²) in [6, 6.07) is 0. The van der Waals surface area contributed by atoms with Crippen molar-refractivity contribution in [2.75, 3.05) is 0 Å². The Labute approximate surface area is 170 Å². The van der Waals surface area contributed by atoms with Crippen LogP contribution in [0.4, 0.5) is 0 Å². The van der Waals surface area contributed by atoms with E-state index in [1.54, 1.807) is 6.92 Å². The molecule has 0 aliphatic heterocycles. The van der Waals surface area contributed by atoms with Gasteiger partial charge in [0.05, 0.1) is 0 Å². The Morgan fingerprint density at radius 3 is 1.56 bits per heavy atom. The van der Waals surface area contributed by atoms with Crippen molar-refractivity contribution in [2.24, 2.45) is 11.8 Å². The van der Waals surface area contributed by atoms with Gasteiger partial charge in [-0.05, 0) is 38.5 Å². The molecule has 1 atom stereocenters. The highest BCUT2D eigenvalue weighted by molar-refractivity contribution is 5.78. The monoisotopic (exact) mass is 380 g/mol. The lowest BCUT2D eigenvalue weighted by Crippen LogP contribution is -2.09. The Balaban J connectivity index is 0.000000797. The summed E-state index contributed by atoms with van der Waals surface area (Å²) in [6.45, 7) is 8.50. The van der Waals surface area contributed by atoms with Gasteiger partial charge in [0.1, 0.15) is 11.6 Å². The highest BCUT2D eigenvalue weighted by atomic mass is 16.1. The lowest BCUT2D eigenvalue weighted by atomic mass is 9.94. The Morgan fingerprint density at radius 1 is 0.778 bits per heavy atom. The zero-order valence-electron chi connectivity index (χ0n) is 19.0. The summed E-state index contributed by atoms with van der Waals surface area (Å²) in [5.74, 6) is 2.05. The zero-order valence-corrected chi connectivity index (χ0v) is 19.0. The summed E-state index contributed by atoms with van der Waals surface area (Å²) < 4.78 is 0. The summed E-state index contributed by atoms with van der Waals surface area (Å²) in [5.41, 5.74) is 0. The third kappa shape index (κ3) is 18.5. The van der Waals surface area contributed by atoms with Crippen LogP contribution < -0.4 is 0 Å². The van der Waals surface area contributed by atoms with Crippen molar-refractivity contribution in [3.05, 3.63) is 0 Å². The SMILES string of the molecule is CCC(CCCCCCCCCCCC(C)C)C(C)=O.O=C1CCCCC1. The molecule has 0 amide bonds. The Morgan fingerprint density at radius 2 is 1.22 bits per heavy atom. The molecule has 0 heterocycles. The first-order chi connectivity index (χ1) is 13.0. The first-order valence-corrected chi connectivity index (χ1v) is 12.0. The maximum atomic E-state index is 11.3. The van der Waals surface area contributed by atoms with Gasteiger partial charge in [0.15, 0.2) is 0 Å².